The third-order valence-corrected chi connectivity index (χ3v) is 9.53. The summed E-state index contributed by atoms with van der Waals surface area (Å²) >= 11 is 0. The molecule has 3 aromatic carbocycles. The van der Waals surface area contributed by atoms with Crippen molar-refractivity contribution in [1.29, 1.82) is 0 Å². The lowest BCUT2D eigenvalue weighted by Crippen LogP contribution is -2.27. The Hall–Kier alpha value is -4.54. The second-order valence-corrected chi connectivity index (χ2v) is 13.5. The minimum Gasteiger partial charge on any atom is -0.454 e. The Balaban J connectivity index is 1.25. The maximum Gasteiger partial charge on any atom is 0.171 e. The van der Waals surface area contributed by atoms with Crippen molar-refractivity contribution in [3.63, 3.8) is 0 Å². The minimum atomic E-state index is -0.105. The number of rotatable bonds is 0. The average molecular weight is 569 g/mol. The number of hydrogen-bond acceptors (Lipinski definition) is 4. The van der Waals surface area contributed by atoms with Gasteiger partial charge in [-0.15, -0.1) is 12.8 Å². The van der Waals surface area contributed by atoms with Gasteiger partial charge in [-0.3, -0.25) is 0 Å². The molecular weight excluding hydrogens is 532 g/mol. The van der Waals surface area contributed by atoms with Crippen LogP contribution < -0.4 is 18.9 Å². The van der Waals surface area contributed by atoms with E-state index in [2.05, 4.69) is 70.7 Å². The lowest BCUT2D eigenvalue weighted by atomic mass is 9.70. The van der Waals surface area contributed by atoms with Crippen molar-refractivity contribution in [3.8, 4) is 59.2 Å². The molecule has 4 aliphatic rings. The Kier molecular flexibility index (Phi) is 6.19. The summed E-state index contributed by atoms with van der Waals surface area (Å²) in [5.74, 6) is 11.6. The first-order chi connectivity index (χ1) is 20.5. The van der Waals surface area contributed by atoms with Gasteiger partial charge in [-0.2, -0.15) is 0 Å². The Morgan fingerprint density at radius 3 is 1.86 bits per heavy atom. The van der Waals surface area contributed by atoms with Crippen LogP contribution in [0.1, 0.15) is 81.7 Å². The van der Waals surface area contributed by atoms with Crippen LogP contribution in [0.4, 0.5) is 0 Å². The van der Waals surface area contributed by atoms with Gasteiger partial charge in [0.05, 0.1) is 0 Å². The molecule has 43 heavy (non-hydrogen) atoms. The number of fused-ring (bicyclic) bond motifs is 5. The number of ether oxygens (including phenoxy) is 4. The molecule has 0 N–H and O–H groups in total. The van der Waals surface area contributed by atoms with Gasteiger partial charge < -0.3 is 18.9 Å². The zero-order valence-electron chi connectivity index (χ0n) is 25.5. The van der Waals surface area contributed by atoms with Gasteiger partial charge in [0.25, 0.3) is 0 Å². The molecule has 0 spiro atoms. The normalized spacial score (nSPS) is 20.6. The summed E-state index contributed by atoms with van der Waals surface area (Å²) in [6.07, 6.45) is 17.8. The van der Waals surface area contributed by atoms with E-state index in [9.17, 15) is 0 Å². The number of terminal acetylenes is 2. The van der Waals surface area contributed by atoms with Gasteiger partial charge in [0.2, 0.25) is 0 Å². The SMILES string of the molecule is C#CC1=CC2=C(Oc3cc4c(cc3O2)CCC(C)(C)c2cc3c(cc2CCC4(C)C)Oc2cc(C#C)ccc2O3)C(C)C1. The molecule has 0 saturated heterocycles. The molecule has 0 saturated carbocycles. The third kappa shape index (κ3) is 4.67. The fraction of sp³-hybridized carbons (Fsp3) is 0.333. The first kappa shape index (κ1) is 27.3. The third-order valence-electron chi connectivity index (χ3n) is 9.53. The molecule has 0 aromatic heterocycles. The molecule has 1 unspecified atom stereocenters. The highest BCUT2D eigenvalue weighted by molar-refractivity contribution is 5.60. The van der Waals surface area contributed by atoms with Crippen LogP contribution in [0, 0.1) is 30.6 Å². The Labute approximate surface area is 254 Å². The standard InChI is InChI=1S/C39H36O4/c1-8-24-10-11-30-31(17-24)41-32-19-26-12-15-39(6,7)29-22-35-33(42-36-18-25(9-2)16-23(3)37(36)43-35)20-27(29)13-14-38(4,5)28(26)21-34(32)40-30/h1-2,10-11,17-23H,12-16H2,3-7H3. The molecule has 3 aromatic rings. The van der Waals surface area contributed by atoms with E-state index in [4.69, 9.17) is 31.8 Å². The van der Waals surface area contributed by atoms with Crippen LogP contribution >= 0.6 is 0 Å². The van der Waals surface area contributed by atoms with Crippen LogP contribution in [0.2, 0.25) is 0 Å². The van der Waals surface area contributed by atoms with Gasteiger partial charge in [-0.1, -0.05) is 46.5 Å². The van der Waals surface area contributed by atoms with Gasteiger partial charge in [0.1, 0.15) is 5.76 Å². The summed E-state index contributed by atoms with van der Waals surface area (Å²) in [5.41, 5.74) is 6.71. The smallest absolute Gasteiger partial charge is 0.171 e. The van der Waals surface area contributed by atoms with Crippen LogP contribution in [-0.4, -0.2) is 0 Å². The quantitative estimate of drug-likeness (QED) is 0.198. The van der Waals surface area contributed by atoms with Gasteiger partial charge in [0, 0.05) is 23.1 Å². The van der Waals surface area contributed by atoms with E-state index < -0.39 is 0 Å². The summed E-state index contributed by atoms with van der Waals surface area (Å²) in [6.45, 7) is 11.5. The van der Waals surface area contributed by atoms with Crippen molar-refractivity contribution in [1.82, 2.24) is 0 Å². The first-order valence-corrected chi connectivity index (χ1v) is 15.1. The number of hydrogen-bond donors (Lipinski definition) is 0. The second-order valence-electron chi connectivity index (χ2n) is 13.5. The molecule has 0 amide bonds. The monoisotopic (exact) mass is 568 g/mol. The molecule has 4 heteroatoms. The van der Waals surface area contributed by atoms with Gasteiger partial charge in [0.15, 0.2) is 40.3 Å². The maximum absolute atomic E-state index is 6.53. The molecular formula is C39H36O4. The van der Waals surface area contributed by atoms with E-state index in [0.29, 0.717) is 11.5 Å². The van der Waals surface area contributed by atoms with Gasteiger partial charge in [-0.05, 0) is 108 Å². The van der Waals surface area contributed by atoms with Crippen LogP contribution in [0.3, 0.4) is 0 Å². The molecule has 2 heterocycles. The lowest BCUT2D eigenvalue weighted by Gasteiger charge is -2.36. The highest BCUT2D eigenvalue weighted by atomic mass is 16.6. The van der Waals surface area contributed by atoms with Crippen molar-refractivity contribution in [2.24, 2.45) is 5.92 Å². The number of allylic oxidation sites excluding steroid dienone is 3. The van der Waals surface area contributed by atoms with E-state index >= 15 is 0 Å². The van der Waals surface area contributed by atoms with Crippen LogP contribution in [0.25, 0.3) is 0 Å². The Morgan fingerprint density at radius 1 is 0.674 bits per heavy atom. The van der Waals surface area contributed by atoms with Crippen LogP contribution in [-0.2, 0) is 23.7 Å². The van der Waals surface area contributed by atoms with Crippen molar-refractivity contribution >= 4 is 0 Å². The molecule has 216 valence electrons. The minimum absolute atomic E-state index is 0.0998. The second kappa shape index (κ2) is 9.75. The summed E-state index contributed by atoms with van der Waals surface area (Å²) in [4.78, 5) is 0. The molecule has 0 bridgehead atoms. The zero-order chi connectivity index (χ0) is 30.1. The summed E-state index contributed by atoms with van der Waals surface area (Å²) in [6, 6.07) is 14.4. The van der Waals surface area contributed by atoms with Crippen molar-refractivity contribution in [3.05, 3.63) is 93.4 Å². The largest absolute Gasteiger partial charge is 0.454 e. The molecule has 7 rings (SSSR count). The topological polar surface area (TPSA) is 36.9 Å². The van der Waals surface area contributed by atoms with Crippen molar-refractivity contribution < 1.29 is 18.9 Å². The lowest BCUT2D eigenvalue weighted by molar-refractivity contribution is 0.260. The molecule has 4 nitrogen and oxygen atoms in total. The fourth-order valence-corrected chi connectivity index (χ4v) is 6.88. The average Bonchev–Trinajstić information content (AvgIpc) is 2.99. The van der Waals surface area contributed by atoms with E-state index in [0.717, 1.165) is 77.8 Å². The van der Waals surface area contributed by atoms with Crippen LogP contribution in [0.15, 0.2) is 65.6 Å². The van der Waals surface area contributed by atoms with Crippen molar-refractivity contribution in [2.75, 3.05) is 0 Å². The first-order valence-electron chi connectivity index (χ1n) is 15.1. The Morgan fingerprint density at radius 2 is 1.23 bits per heavy atom. The van der Waals surface area contributed by atoms with E-state index in [1.807, 2.05) is 24.3 Å². The summed E-state index contributed by atoms with van der Waals surface area (Å²) < 4.78 is 25.7. The fourth-order valence-electron chi connectivity index (χ4n) is 6.88. The molecule has 2 aliphatic heterocycles. The molecule has 0 radical (unpaired) electrons. The number of benzene rings is 3. The highest BCUT2D eigenvalue weighted by Gasteiger charge is 2.35. The molecule has 0 fully saturated rings. The van der Waals surface area contributed by atoms with E-state index in [1.165, 1.54) is 22.3 Å². The summed E-state index contributed by atoms with van der Waals surface area (Å²) in [7, 11) is 0. The van der Waals surface area contributed by atoms with E-state index in [-0.39, 0.29) is 16.7 Å². The highest BCUT2D eigenvalue weighted by Crippen LogP contribution is 2.51. The predicted octanol–water partition coefficient (Wildman–Crippen LogP) is 9.28. The number of aryl methyl sites for hydroxylation is 2. The Bertz CT molecular complexity index is 1840. The van der Waals surface area contributed by atoms with Crippen LogP contribution in [0.5, 0.6) is 34.5 Å². The van der Waals surface area contributed by atoms with Gasteiger partial charge >= 0.3 is 0 Å². The zero-order valence-corrected chi connectivity index (χ0v) is 25.5. The predicted molar refractivity (Wildman–Crippen MR) is 169 cm³/mol. The molecule has 1 atom stereocenters. The van der Waals surface area contributed by atoms with Crippen molar-refractivity contribution in [2.45, 2.75) is 77.6 Å². The maximum atomic E-state index is 6.53. The molecule has 2 aliphatic carbocycles. The van der Waals surface area contributed by atoms with E-state index in [1.54, 1.807) is 0 Å². The van der Waals surface area contributed by atoms with Gasteiger partial charge in [-0.25, -0.2) is 0 Å². The summed E-state index contributed by atoms with van der Waals surface area (Å²) in [5, 5.41) is 0.